The highest BCUT2D eigenvalue weighted by atomic mass is 16.4. The first kappa shape index (κ1) is 17.1. The SMILES string of the molecule is CCc1ccc(CN(C(=O)c2ccc(C(=O)O)c(C)n2)C2CC2)cc1. The molecule has 0 aliphatic heterocycles. The van der Waals surface area contributed by atoms with Crippen LogP contribution in [0, 0.1) is 6.92 Å². The van der Waals surface area contributed by atoms with Crippen molar-refractivity contribution in [1.29, 1.82) is 0 Å². The maximum atomic E-state index is 12.9. The van der Waals surface area contributed by atoms with Gasteiger partial charge in [0.05, 0.1) is 11.3 Å². The van der Waals surface area contributed by atoms with E-state index in [0.717, 1.165) is 24.8 Å². The number of aromatic nitrogens is 1. The van der Waals surface area contributed by atoms with Gasteiger partial charge in [-0.25, -0.2) is 9.78 Å². The fourth-order valence-electron chi connectivity index (χ4n) is 2.88. The van der Waals surface area contributed by atoms with Gasteiger partial charge in [-0.15, -0.1) is 0 Å². The second-order valence-corrected chi connectivity index (χ2v) is 6.47. The minimum atomic E-state index is -1.03. The van der Waals surface area contributed by atoms with Crippen molar-refractivity contribution in [2.45, 2.75) is 45.7 Å². The Kier molecular flexibility index (Phi) is 4.83. The van der Waals surface area contributed by atoms with Gasteiger partial charge in [0.1, 0.15) is 5.69 Å². The van der Waals surface area contributed by atoms with Crippen LogP contribution in [0.5, 0.6) is 0 Å². The second-order valence-electron chi connectivity index (χ2n) is 6.47. The van der Waals surface area contributed by atoms with Gasteiger partial charge in [0.2, 0.25) is 0 Å². The summed E-state index contributed by atoms with van der Waals surface area (Å²) in [7, 11) is 0. The zero-order valence-electron chi connectivity index (χ0n) is 14.5. The highest BCUT2D eigenvalue weighted by Crippen LogP contribution is 2.30. The van der Waals surface area contributed by atoms with Crippen molar-refractivity contribution in [2.24, 2.45) is 0 Å². The first-order valence-corrected chi connectivity index (χ1v) is 8.59. The van der Waals surface area contributed by atoms with Crippen LogP contribution in [0.25, 0.3) is 0 Å². The van der Waals surface area contributed by atoms with E-state index in [2.05, 4.69) is 36.2 Å². The molecule has 0 unspecified atom stereocenters. The summed E-state index contributed by atoms with van der Waals surface area (Å²) in [5.41, 5.74) is 3.16. The lowest BCUT2D eigenvalue weighted by atomic mass is 10.1. The molecule has 1 N–H and O–H groups in total. The maximum Gasteiger partial charge on any atom is 0.337 e. The highest BCUT2D eigenvalue weighted by molar-refractivity contribution is 5.94. The number of carboxylic acids is 1. The lowest BCUT2D eigenvalue weighted by molar-refractivity contribution is 0.0688. The van der Waals surface area contributed by atoms with Crippen LogP contribution in [0.4, 0.5) is 0 Å². The predicted molar refractivity (Wildman–Crippen MR) is 94.6 cm³/mol. The predicted octanol–water partition coefficient (Wildman–Crippen LogP) is 3.46. The number of pyridine rings is 1. The van der Waals surface area contributed by atoms with Crippen LogP contribution in [0.3, 0.4) is 0 Å². The van der Waals surface area contributed by atoms with Gasteiger partial charge in [-0.3, -0.25) is 4.79 Å². The molecule has 130 valence electrons. The molecule has 0 spiro atoms. The first-order valence-electron chi connectivity index (χ1n) is 8.59. The van der Waals surface area contributed by atoms with E-state index in [-0.39, 0.29) is 17.5 Å². The number of benzene rings is 1. The summed E-state index contributed by atoms with van der Waals surface area (Å²) in [5, 5.41) is 9.10. The summed E-state index contributed by atoms with van der Waals surface area (Å²) in [6.45, 7) is 4.28. The zero-order valence-corrected chi connectivity index (χ0v) is 14.5. The Bertz CT molecular complexity index is 795. The fourth-order valence-corrected chi connectivity index (χ4v) is 2.88. The number of hydrogen-bond donors (Lipinski definition) is 1. The van der Waals surface area contributed by atoms with Crippen molar-refractivity contribution in [3.8, 4) is 0 Å². The molecule has 1 aliphatic carbocycles. The van der Waals surface area contributed by atoms with Gasteiger partial charge in [0.15, 0.2) is 0 Å². The fraction of sp³-hybridized carbons (Fsp3) is 0.350. The van der Waals surface area contributed by atoms with E-state index in [9.17, 15) is 9.59 Å². The molecule has 1 aliphatic rings. The van der Waals surface area contributed by atoms with Crippen LogP contribution < -0.4 is 0 Å². The largest absolute Gasteiger partial charge is 0.478 e. The van der Waals surface area contributed by atoms with Crippen LogP contribution in [0.1, 0.15) is 57.4 Å². The van der Waals surface area contributed by atoms with Crippen molar-refractivity contribution in [1.82, 2.24) is 9.88 Å². The molecule has 1 fully saturated rings. The van der Waals surface area contributed by atoms with Gasteiger partial charge >= 0.3 is 5.97 Å². The molecule has 5 heteroatoms. The van der Waals surface area contributed by atoms with Gasteiger partial charge in [-0.2, -0.15) is 0 Å². The van der Waals surface area contributed by atoms with Gasteiger partial charge < -0.3 is 10.0 Å². The van der Waals surface area contributed by atoms with E-state index in [1.54, 1.807) is 6.92 Å². The number of hydrogen-bond acceptors (Lipinski definition) is 3. The second kappa shape index (κ2) is 7.05. The molecule has 0 saturated heterocycles. The van der Waals surface area contributed by atoms with Crippen molar-refractivity contribution >= 4 is 11.9 Å². The Hall–Kier alpha value is -2.69. The summed E-state index contributed by atoms with van der Waals surface area (Å²) in [6, 6.07) is 11.5. The third-order valence-electron chi connectivity index (χ3n) is 4.57. The Morgan fingerprint density at radius 3 is 2.28 bits per heavy atom. The summed E-state index contributed by atoms with van der Waals surface area (Å²) >= 11 is 0. The Labute approximate surface area is 147 Å². The molecule has 0 radical (unpaired) electrons. The average Bonchev–Trinajstić information content (AvgIpc) is 3.44. The van der Waals surface area contributed by atoms with Crippen molar-refractivity contribution in [3.63, 3.8) is 0 Å². The van der Waals surface area contributed by atoms with E-state index < -0.39 is 5.97 Å². The molecule has 25 heavy (non-hydrogen) atoms. The van der Waals surface area contributed by atoms with Crippen LogP contribution in [0.15, 0.2) is 36.4 Å². The smallest absolute Gasteiger partial charge is 0.337 e. The molecule has 2 aromatic rings. The third kappa shape index (κ3) is 3.87. The first-order chi connectivity index (χ1) is 12.0. The molecule has 1 heterocycles. The van der Waals surface area contributed by atoms with Gasteiger partial charge in [0, 0.05) is 12.6 Å². The lowest BCUT2D eigenvalue weighted by Gasteiger charge is -2.22. The Morgan fingerprint density at radius 1 is 1.12 bits per heavy atom. The summed E-state index contributed by atoms with van der Waals surface area (Å²) in [6.07, 6.45) is 3.00. The van der Waals surface area contributed by atoms with E-state index in [4.69, 9.17) is 5.11 Å². The summed E-state index contributed by atoms with van der Waals surface area (Å²) < 4.78 is 0. The number of nitrogens with zero attached hydrogens (tertiary/aromatic N) is 2. The Balaban J connectivity index is 1.81. The number of carboxylic acid groups (broad SMARTS) is 1. The number of carbonyl (C=O) groups is 2. The normalized spacial score (nSPS) is 13.5. The summed E-state index contributed by atoms with van der Waals surface area (Å²) in [5.74, 6) is -1.17. The molecule has 0 bridgehead atoms. The highest BCUT2D eigenvalue weighted by Gasteiger charge is 2.33. The van der Waals surface area contributed by atoms with Crippen LogP contribution in [0.2, 0.25) is 0 Å². The topological polar surface area (TPSA) is 70.5 Å². The molecule has 3 rings (SSSR count). The standard InChI is InChI=1S/C20H22N2O3/c1-3-14-4-6-15(7-5-14)12-22(16-8-9-16)19(23)18-11-10-17(20(24)25)13(2)21-18/h4-7,10-11,16H,3,8-9,12H2,1-2H3,(H,24,25). The molecule has 1 aromatic heterocycles. The minimum absolute atomic E-state index is 0.129. The number of carbonyl (C=O) groups excluding carboxylic acids is 1. The Morgan fingerprint density at radius 2 is 1.76 bits per heavy atom. The number of amides is 1. The van der Waals surface area contributed by atoms with Gasteiger partial charge in [-0.05, 0) is 49.4 Å². The van der Waals surface area contributed by atoms with E-state index in [0.29, 0.717) is 17.9 Å². The van der Waals surface area contributed by atoms with Crippen molar-refractivity contribution in [2.75, 3.05) is 0 Å². The van der Waals surface area contributed by atoms with Crippen LogP contribution >= 0.6 is 0 Å². The molecule has 1 aromatic carbocycles. The maximum absolute atomic E-state index is 12.9. The van der Waals surface area contributed by atoms with Crippen LogP contribution in [-0.4, -0.2) is 32.9 Å². The average molecular weight is 338 g/mol. The molecule has 5 nitrogen and oxygen atoms in total. The van der Waals surface area contributed by atoms with E-state index in [1.807, 2.05) is 4.90 Å². The number of aromatic carboxylic acids is 1. The monoisotopic (exact) mass is 338 g/mol. The molecular formula is C20H22N2O3. The zero-order chi connectivity index (χ0) is 18.0. The quantitative estimate of drug-likeness (QED) is 0.876. The van der Waals surface area contributed by atoms with Crippen LogP contribution in [-0.2, 0) is 13.0 Å². The van der Waals surface area contributed by atoms with Gasteiger partial charge in [0.25, 0.3) is 5.91 Å². The number of rotatable bonds is 6. The number of aryl methyl sites for hydroxylation is 2. The van der Waals surface area contributed by atoms with Crippen molar-refractivity contribution in [3.05, 3.63) is 64.5 Å². The lowest BCUT2D eigenvalue weighted by Crippen LogP contribution is -2.33. The molecule has 1 amide bonds. The molecular weight excluding hydrogens is 316 g/mol. The molecule has 0 atom stereocenters. The van der Waals surface area contributed by atoms with Crippen molar-refractivity contribution < 1.29 is 14.7 Å². The minimum Gasteiger partial charge on any atom is -0.478 e. The molecule has 1 saturated carbocycles. The van der Waals surface area contributed by atoms with E-state index in [1.165, 1.54) is 17.7 Å². The third-order valence-corrected chi connectivity index (χ3v) is 4.57. The summed E-state index contributed by atoms with van der Waals surface area (Å²) in [4.78, 5) is 30.1. The van der Waals surface area contributed by atoms with Gasteiger partial charge in [-0.1, -0.05) is 31.2 Å². The van der Waals surface area contributed by atoms with E-state index >= 15 is 0 Å².